The molecule has 0 atom stereocenters. The minimum atomic E-state index is -0.255. The van der Waals surface area contributed by atoms with Crippen LogP contribution in [0.1, 0.15) is 24.5 Å². The van der Waals surface area contributed by atoms with Crippen molar-refractivity contribution < 1.29 is 19.1 Å². The zero-order valence-electron chi connectivity index (χ0n) is 15.6. The first-order chi connectivity index (χ1) is 13.5. The van der Waals surface area contributed by atoms with Crippen LogP contribution in [0.15, 0.2) is 47.4 Å². The molecule has 2 aromatic rings. The number of carbonyl (C=O) groups is 2. The van der Waals surface area contributed by atoms with Crippen LogP contribution in [0, 0.1) is 0 Å². The van der Waals surface area contributed by atoms with Crippen molar-refractivity contribution in [2.75, 3.05) is 13.7 Å². The van der Waals surface area contributed by atoms with Crippen molar-refractivity contribution in [2.24, 2.45) is 0 Å². The molecule has 1 aliphatic rings. The Bertz CT molecular complexity index is 928. The molecule has 0 spiro atoms. The Kier molecular flexibility index (Phi) is 6.65. The number of amides is 2. The van der Waals surface area contributed by atoms with E-state index in [4.69, 9.17) is 21.1 Å². The first kappa shape index (κ1) is 20.3. The lowest BCUT2D eigenvalue weighted by molar-refractivity contribution is -0.122. The minimum absolute atomic E-state index is 0.232. The summed E-state index contributed by atoms with van der Waals surface area (Å²) in [5, 5.41) is 0.408. The van der Waals surface area contributed by atoms with E-state index in [9.17, 15) is 9.59 Å². The molecular weight excluding hydrogens is 398 g/mol. The second-order valence-electron chi connectivity index (χ2n) is 6.12. The predicted molar refractivity (Wildman–Crippen MR) is 112 cm³/mol. The fourth-order valence-corrected chi connectivity index (χ4v) is 3.79. The Balaban J connectivity index is 1.77. The molecule has 3 rings (SSSR count). The van der Waals surface area contributed by atoms with Crippen molar-refractivity contribution in [3.05, 3.63) is 63.5 Å². The molecule has 2 amide bonds. The van der Waals surface area contributed by atoms with Gasteiger partial charge in [0.2, 0.25) is 0 Å². The van der Waals surface area contributed by atoms with Gasteiger partial charge in [0.15, 0.2) is 11.5 Å². The maximum atomic E-state index is 12.4. The van der Waals surface area contributed by atoms with Gasteiger partial charge in [-0.15, -0.1) is 0 Å². The zero-order chi connectivity index (χ0) is 20.1. The van der Waals surface area contributed by atoms with Crippen molar-refractivity contribution >= 4 is 40.6 Å². The van der Waals surface area contributed by atoms with Crippen molar-refractivity contribution in [3.8, 4) is 11.5 Å². The highest BCUT2D eigenvalue weighted by Crippen LogP contribution is 2.35. The lowest BCUT2D eigenvalue weighted by Crippen LogP contribution is -2.28. The number of carbonyl (C=O) groups excluding carboxylic acids is 2. The molecule has 1 aliphatic heterocycles. The number of hydrogen-bond donors (Lipinski definition) is 0. The molecule has 0 radical (unpaired) electrons. The van der Waals surface area contributed by atoms with Gasteiger partial charge in [0, 0.05) is 17.1 Å². The van der Waals surface area contributed by atoms with E-state index in [-0.39, 0.29) is 11.1 Å². The van der Waals surface area contributed by atoms with Gasteiger partial charge >= 0.3 is 0 Å². The third-order valence-electron chi connectivity index (χ3n) is 4.15. The van der Waals surface area contributed by atoms with Crippen LogP contribution in [-0.2, 0) is 11.4 Å². The Labute approximate surface area is 173 Å². The fraction of sp³-hybridized carbons (Fsp3) is 0.238. The van der Waals surface area contributed by atoms with E-state index in [1.165, 1.54) is 4.90 Å². The number of nitrogens with zero attached hydrogens (tertiary/aromatic N) is 1. The summed E-state index contributed by atoms with van der Waals surface area (Å²) in [7, 11) is 1.55. The van der Waals surface area contributed by atoms with Crippen LogP contribution < -0.4 is 9.47 Å². The molecule has 0 saturated carbocycles. The average Bonchev–Trinajstić information content (AvgIpc) is 2.95. The Morgan fingerprint density at radius 3 is 2.64 bits per heavy atom. The first-order valence-electron chi connectivity index (χ1n) is 8.83. The Morgan fingerprint density at radius 2 is 1.93 bits per heavy atom. The summed E-state index contributed by atoms with van der Waals surface area (Å²) in [6.45, 7) is 2.67. The second-order valence-corrected chi connectivity index (χ2v) is 7.52. The van der Waals surface area contributed by atoms with Crippen molar-refractivity contribution in [3.63, 3.8) is 0 Å². The summed E-state index contributed by atoms with van der Waals surface area (Å²) in [5.41, 5.74) is 1.63. The topological polar surface area (TPSA) is 55.8 Å². The molecule has 0 unspecified atom stereocenters. The molecule has 0 aliphatic carbocycles. The lowest BCUT2D eigenvalue weighted by atomic mass is 10.1. The van der Waals surface area contributed by atoms with Crippen LogP contribution in [-0.4, -0.2) is 29.7 Å². The average molecular weight is 418 g/mol. The van der Waals surface area contributed by atoms with Crippen molar-refractivity contribution in [1.29, 1.82) is 0 Å². The van der Waals surface area contributed by atoms with Gasteiger partial charge in [-0.2, -0.15) is 0 Å². The van der Waals surface area contributed by atoms with E-state index < -0.39 is 0 Å². The predicted octanol–water partition coefficient (Wildman–Crippen LogP) is 5.37. The standard InChI is InChI=1S/C21H20ClNO4S/c1-3-10-23-20(24)19(28-21(23)25)12-14-8-9-17(18(11-14)26-2)27-13-15-6-4-5-7-16(15)22/h4-9,11-12H,3,10,13H2,1-2H3. The van der Waals surface area contributed by atoms with Crippen molar-refractivity contribution in [2.45, 2.75) is 20.0 Å². The molecule has 28 heavy (non-hydrogen) atoms. The van der Waals surface area contributed by atoms with Gasteiger partial charge in [-0.05, 0) is 48.0 Å². The Morgan fingerprint density at radius 1 is 1.14 bits per heavy atom. The molecule has 146 valence electrons. The number of rotatable bonds is 7. The van der Waals surface area contributed by atoms with Gasteiger partial charge in [-0.1, -0.05) is 42.8 Å². The van der Waals surface area contributed by atoms with Gasteiger partial charge < -0.3 is 9.47 Å². The molecule has 1 fully saturated rings. The number of benzene rings is 2. The molecule has 0 N–H and O–H groups in total. The molecule has 1 heterocycles. The van der Waals surface area contributed by atoms with Crippen LogP contribution in [0.4, 0.5) is 4.79 Å². The number of thioether (sulfide) groups is 1. The third kappa shape index (κ3) is 4.51. The number of ether oxygens (including phenoxy) is 2. The summed E-state index contributed by atoms with van der Waals surface area (Å²) in [5.74, 6) is 0.849. The summed E-state index contributed by atoms with van der Waals surface area (Å²) in [4.78, 5) is 26.0. The van der Waals surface area contributed by atoms with E-state index >= 15 is 0 Å². The monoisotopic (exact) mass is 417 g/mol. The normalized spacial score (nSPS) is 15.4. The Hall–Kier alpha value is -2.44. The fourth-order valence-electron chi connectivity index (χ4n) is 2.73. The number of imide groups is 1. The quantitative estimate of drug-likeness (QED) is 0.566. The molecule has 0 bridgehead atoms. The van der Waals surface area contributed by atoms with Crippen molar-refractivity contribution in [1.82, 2.24) is 4.90 Å². The highest BCUT2D eigenvalue weighted by Gasteiger charge is 2.34. The van der Waals surface area contributed by atoms with Crippen LogP contribution in [0.25, 0.3) is 6.08 Å². The minimum Gasteiger partial charge on any atom is -0.493 e. The zero-order valence-corrected chi connectivity index (χ0v) is 17.2. The van der Waals surface area contributed by atoms with Crippen LogP contribution in [0.3, 0.4) is 0 Å². The maximum absolute atomic E-state index is 12.4. The molecule has 5 nitrogen and oxygen atoms in total. The molecule has 2 aromatic carbocycles. The maximum Gasteiger partial charge on any atom is 0.293 e. The van der Waals surface area contributed by atoms with E-state index in [2.05, 4.69) is 0 Å². The molecule has 0 aromatic heterocycles. The van der Waals surface area contributed by atoms with E-state index in [1.54, 1.807) is 25.3 Å². The smallest absolute Gasteiger partial charge is 0.293 e. The lowest BCUT2D eigenvalue weighted by Gasteiger charge is -2.12. The van der Waals surface area contributed by atoms with Crippen LogP contribution in [0.2, 0.25) is 5.02 Å². The number of hydrogen-bond acceptors (Lipinski definition) is 5. The summed E-state index contributed by atoms with van der Waals surface area (Å²) in [6, 6.07) is 12.8. The van der Waals surface area contributed by atoms with Gasteiger partial charge in [0.05, 0.1) is 12.0 Å². The third-order valence-corrected chi connectivity index (χ3v) is 5.42. The summed E-state index contributed by atoms with van der Waals surface area (Å²) < 4.78 is 11.3. The highest BCUT2D eigenvalue weighted by molar-refractivity contribution is 8.18. The van der Waals surface area contributed by atoms with E-state index in [0.717, 1.165) is 29.3 Å². The van der Waals surface area contributed by atoms with Crippen LogP contribution >= 0.6 is 23.4 Å². The highest BCUT2D eigenvalue weighted by atomic mass is 35.5. The van der Waals surface area contributed by atoms with Gasteiger partial charge in [-0.25, -0.2) is 0 Å². The van der Waals surface area contributed by atoms with Gasteiger partial charge in [-0.3, -0.25) is 14.5 Å². The summed E-state index contributed by atoms with van der Waals surface area (Å²) >= 11 is 7.11. The second kappa shape index (κ2) is 9.17. The van der Waals surface area contributed by atoms with E-state index in [0.29, 0.717) is 34.6 Å². The van der Waals surface area contributed by atoms with Crippen LogP contribution in [0.5, 0.6) is 11.5 Å². The first-order valence-corrected chi connectivity index (χ1v) is 10.0. The van der Waals surface area contributed by atoms with Gasteiger partial charge in [0.1, 0.15) is 6.61 Å². The summed E-state index contributed by atoms with van der Waals surface area (Å²) in [6.07, 6.45) is 2.43. The number of halogens is 1. The molecular formula is C21H20ClNO4S. The number of methoxy groups -OCH3 is 1. The van der Waals surface area contributed by atoms with E-state index in [1.807, 2.05) is 37.3 Å². The SMILES string of the molecule is CCCN1C(=O)SC(=Cc2ccc(OCc3ccccc3Cl)c(OC)c2)C1=O. The molecule has 1 saturated heterocycles. The van der Waals surface area contributed by atoms with Gasteiger partial charge in [0.25, 0.3) is 11.1 Å². The largest absolute Gasteiger partial charge is 0.493 e. The molecule has 7 heteroatoms.